The number of nitrogens with zero attached hydrogens (tertiary/aromatic N) is 1. The Hall–Kier alpha value is -2.59. The number of fused-ring (bicyclic) bond motifs is 1. The van der Waals surface area contributed by atoms with Gasteiger partial charge in [0.2, 0.25) is 0 Å². The normalized spacial score (nSPS) is 15.3. The predicted octanol–water partition coefficient (Wildman–Crippen LogP) is 4.61. The molecule has 1 fully saturated rings. The Balaban J connectivity index is 1.74. The molecular formula is C22H21FN2O. The Morgan fingerprint density at radius 3 is 2.58 bits per heavy atom. The summed E-state index contributed by atoms with van der Waals surface area (Å²) >= 11 is 0. The van der Waals surface area contributed by atoms with Gasteiger partial charge in [-0.1, -0.05) is 18.2 Å². The number of hydrogen-bond donors (Lipinski definition) is 1. The largest absolute Gasteiger partial charge is 0.317 e. The number of aromatic nitrogens is 1. The molecule has 1 saturated heterocycles. The van der Waals surface area contributed by atoms with Crippen molar-refractivity contribution in [1.82, 2.24) is 10.3 Å². The van der Waals surface area contributed by atoms with Crippen LogP contribution in [0.2, 0.25) is 0 Å². The molecule has 3 nitrogen and oxygen atoms in total. The van der Waals surface area contributed by atoms with Gasteiger partial charge in [0.25, 0.3) is 0 Å². The monoisotopic (exact) mass is 348 g/mol. The number of para-hydroxylation sites is 1. The van der Waals surface area contributed by atoms with Crippen molar-refractivity contribution in [1.29, 1.82) is 0 Å². The molecule has 0 spiro atoms. The number of hydrogen-bond acceptors (Lipinski definition) is 3. The average Bonchev–Trinajstić information content (AvgIpc) is 2.68. The Morgan fingerprint density at radius 2 is 1.81 bits per heavy atom. The topological polar surface area (TPSA) is 42.0 Å². The van der Waals surface area contributed by atoms with Crippen LogP contribution >= 0.6 is 0 Å². The molecule has 0 saturated carbocycles. The maximum Gasteiger partial charge on any atom is 0.163 e. The number of ketones is 1. The number of piperidine rings is 1. The van der Waals surface area contributed by atoms with Crippen LogP contribution in [0.4, 0.5) is 4.39 Å². The number of rotatable bonds is 4. The molecule has 3 aromatic rings. The summed E-state index contributed by atoms with van der Waals surface area (Å²) in [5.41, 5.74) is 3.03. The summed E-state index contributed by atoms with van der Waals surface area (Å²) < 4.78 is 13.2. The minimum Gasteiger partial charge on any atom is -0.317 e. The van der Waals surface area contributed by atoms with E-state index in [1.807, 2.05) is 30.3 Å². The number of pyridine rings is 1. The molecule has 2 aromatic carbocycles. The van der Waals surface area contributed by atoms with E-state index in [2.05, 4.69) is 10.3 Å². The van der Waals surface area contributed by atoms with E-state index in [-0.39, 0.29) is 11.6 Å². The first-order chi connectivity index (χ1) is 12.7. The number of carbonyl (C=O) groups is 1. The van der Waals surface area contributed by atoms with Gasteiger partial charge in [-0.3, -0.25) is 4.79 Å². The summed E-state index contributed by atoms with van der Waals surface area (Å²) in [6.45, 7) is 1.96. The second-order valence-corrected chi connectivity index (χ2v) is 6.90. The fourth-order valence-electron chi connectivity index (χ4n) is 3.63. The summed E-state index contributed by atoms with van der Waals surface area (Å²) in [5.74, 6) is 0.320. The van der Waals surface area contributed by atoms with Crippen LogP contribution in [-0.4, -0.2) is 23.9 Å². The molecule has 1 aromatic heterocycles. The lowest BCUT2D eigenvalue weighted by atomic mass is 9.89. The fraction of sp³-hybridized carbons (Fsp3) is 0.273. The van der Waals surface area contributed by atoms with Gasteiger partial charge in [0.05, 0.1) is 11.2 Å². The van der Waals surface area contributed by atoms with Crippen molar-refractivity contribution in [2.75, 3.05) is 13.1 Å². The van der Waals surface area contributed by atoms with E-state index >= 15 is 0 Å². The van der Waals surface area contributed by atoms with Gasteiger partial charge in [0.15, 0.2) is 5.78 Å². The van der Waals surface area contributed by atoms with Gasteiger partial charge in [0, 0.05) is 22.9 Å². The highest BCUT2D eigenvalue weighted by molar-refractivity contribution is 6.08. The molecular weight excluding hydrogens is 327 g/mol. The van der Waals surface area contributed by atoms with Gasteiger partial charge in [-0.05, 0) is 68.2 Å². The predicted molar refractivity (Wildman–Crippen MR) is 102 cm³/mol. The summed E-state index contributed by atoms with van der Waals surface area (Å²) in [6, 6.07) is 15.8. The number of nitrogens with one attached hydrogen (secondary N) is 1. The summed E-state index contributed by atoms with van der Waals surface area (Å²) in [6.07, 6.45) is 2.65. The standard InChI is InChI=1S/C22H21FN2O/c23-17-7-5-16(6-8-17)21-14-19(18-3-1-2-4-20(18)25-21)22(26)13-15-9-11-24-12-10-15/h1-8,14-15,24H,9-13H2. The zero-order valence-corrected chi connectivity index (χ0v) is 14.5. The minimum absolute atomic E-state index is 0.166. The first-order valence-electron chi connectivity index (χ1n) is 9.10. The molecule has 26 heavy (non-hydrogen) atoms. The highest BCUT2D eigenvalue weighted by atomic mass is 19.1. The molecule has 132 valence electrons. The molecule has 2 heterocycles. The van der Waals surface area contributed by atoms with Crippen molar-refractivity contribution in [3.05, 3.63) is 66.0 Å². The zero-order chi connectivity index (χ0) is 17.9. The van der Waals surface area contributed by atoms with Crippen LogP contribution < -0.4 is 5.32 Å². The zero-order valence-electron chi connectivity index (χ0n) is 14.5. The Bertz CT molecular complexity index is 931. The molecule has 4 rings (SSSR count). The third kappa shape index (κ3) is 3.51. The molecule has 0 aliphatic carbocycles. The van der Waals surface area contributed by atoms with E-state index in [1.165, 1.54) is 12.1 Å². The molecule has 4 heteroatoms. The number of halogens is 1. The lowest BCUT2D eigenvalue weighted by Gasteiger charge is -2.22. The summed E-state index contributed by atoms with van der Waals surface area (Å²) in [7, 11) is 0. The Kier molecular flexibility index (Phi) is 4.76. The third-order valence-corrected chi connectivity index (χ3v) is 5.09. The Labute approximate surface area is 152 Å². The third-order valence-electron chi connectivity index (χ3n) is 5.09. The van der Waals surface area contributed by atoms with Gasteiger partial charge in [-0.15, -0.1) is 0 Å². The van der Waals surface area contributed by atoms with E-state index in [9.17, 15) is 9.18 Å². The average molecular weight is 348 g/mol. The van der Waals surface area contributed by atoms with Gasteiger partial charge in [-0.25, -0.2) is 9.37 Å². The molecule has 0 bridgehead atoms. The number of benzene rings is 2. The first kappa shape index (κ1) is 16.9. The summed E-state index contributed by atoms with van der Waals surface area (Å²) in [5, 5.41) is 4.23. The number of Topliss-reactive ketones (excluding diaryl/α,β-unsaturated/α-hetero) is 1. The van der Waals surface area contributed by atoms with Crippen molar-refractivity contribution in [3.63, 3.8) is 0 Å². The van der Waals surface area contributed by atoms with Crippen molar-refractivity contribution in [2.45, 2.75) is 19.3 Å². The van der Waals surface area contributed by atoms with E-state index in [1.54, 1.807) is 12.1 Å². The fourth-order valence-corrected chi connectivity index (χ4v) is 3.63. The van der Waals surface area contributed by atoms with Crippen molar-refractivity contribution >= 4 is 16.7 Å². The minimum atomic E-state index is -0.281. The van der Waals surface area contributed by atoms with E-state index in [0.717, 1.165) is 42.4 Å². The quantitative estimate of drug-likeness (QED) is 0.700. The highest BCUT2D eigenvalue weighted by Gasteiger charge is 2.20. The van der Waals surface area contributed by atoms with Crippen molar-refractivity contribution in [2.24, 2.45) is 5.92 Å². The van der Waals surface area contributed by atoms with Crippen LogP contribution in [0.15, 0.2) is 54.6 Å². The number of carbonyl (C=O) groups excluding carboxylic acids is 1. The lowest BCUT2D eigenvalue weighted by molar-refractivity contribution is 0.0954. The van der Waals surface area contributed by atoms with Gasteiger partial charge in [0.1, 0.15) is 5.82 Å². The maximum absolute atomic E-state index is 13.2. The molecule has 1 N–H and O–H groups in total. The van der Waals surface area contributed by atoms with E-state index in [0.29, 0.717) is 23.6 Å². The van der Waals surface area contributed by atoms with Gasteiger partial charge < -0.3 is 5.32 Å². The Morgan fingerprint density at radius 1 is 1.08 bits per heavy atom. The van der Waals surface area contributed by atoms with Crippen LogP contribution in [0.25, 0.3) is 22.2 Å². The van der Waals surface area contributed by atoms with E-state index < -0.39 is 0 Å². The molecule has 1 aliphatic rings. The van der Waals surface area contributed by atoms with E-state index in [4.69, 9.17) is 0 Å². The SMILES string of the molecule is O=C(CC1CCNCC1)c1cc(-c2ccc(F)cc2)nc2ccccc12. The van der Waals surface area contributed by atoms with Crippen LogP contribution in [0.3, 0.4) is 0 Å². The molecule has 0 unspecified atom stereocenters. The molecule has 1 aliphatic heterocycles. The second-order valence-electron chi connectivity index (χ2n) is 6.90. The van der Waals surface area contributed by atoms with Crippen molar-refractivity contribution in [3.8, 4) is 11.3 Å². The van der Waals surface area contributed by atoms with Crippen LogP contribution in [-0.2, 0) is 0 Å². The lowest BCUT2D eigenvalue weighted by Crippen LogP contribution is -2.28. The smallest absolute Gasteiger partial charge is 0.163 e. The molecule has 0 amide bonds. The van der Waals surface area contributed by atoms with Crippen LogP contribution in [0, 0.1) is 11.7 Å². The van der Waals surface area contributed by atoms with Gasteiger partial charge in [-0.2, -0.15) is 0 Å². The molecule has 0 atom stereocenters. The molecule has 0 radical (unpaired) electrons. The maximum atomic E-state index is 13.2. The van der Waals surface area contributed by atoms with Gasteiger partial charge >= 0.3 is 0 Å². The first-order valence-corrected chi connectivity index (χ1v) is 9.10. The van der Waals surface area contributed by atoms with Crippen LogP contribution in [0.5, 0.6) is 0 Å². The second kappa shape index (κ2) is 7.34. The van der Waals surface area contributed by atoms with Crippen molar-refractivity contribution < 1.29 is 9.18 Å². The highest BCUT2D eigenvalue weighted by Crippen LogP contribution is 2.28. The summed E-state index contributed by atoms with van der Waals surface area (Å²) in [4.78, 5) is 17.7. The van der Waals surface area contributed by atoms with Crippen LogP contribution in [0.1, 0.15) is 29.6 Å².